The van der Waals surface area contributed by atoms with Gasteiger partial charge in [-0.2, -0.15) is 0 Å². The Hall–Kier alpha value is -1.29. The van der Waals surface area contributed by atoms with E-state index in [1.807, 2.05) is 0 Å². The molecule has 0 saturated carbocycles. The first-order chi connectivity index (χ1) is 8.00. The third-order valence-corrected chi connectivity index (χ3v) is 2.60. The number of halogens is 1. The van der Waals surface area contributed by atoms with Gasteiger partial charge in [0.2, 0.25) is 0 Å². The third kappa shape index (κ3) is 4.61. The van der Waals surface area contributed by atoms with Gasteiger partial charge in [0.25, 0.3) is 5.91 Å². The Labute approximate surface area is 107 Å². The van der Waals surface area contributed by atoms with Gasteiger partial charge in [0.1, 0.15) is 5.15 Å². The normalized spacial score (nSPS) is 10.6. The monoisotopic (exact) mass is 255 g/mol. The molecule has 0 aliphatic rings. The summed E-state index contributed by atoms with van der Waals surface area (Å²) in [6, 6.07) is 1.48. The maximum absolute atomic E-state index is 11.8. The van der Waals surface area contributed by atoms with Crippen LogP contribution in [0.4, 0.5) is 5.69 Å². The summed E-state index contributed by atoms with van der Waals surface area (Å²) in [4.78, 5) is 15.6. The van der Waals surface area contributed by atoms with Gasteiger partial charge < -0.3 is 11.1 Å². The molecule has 0 aromatic carbocycles. The lowest BCUT2D eigenvalue weighted by molar-refractivity contribution is 0.0953. The molecule has 1 amide bonds. The summed E-state index contributed by atoms with van der Waals surface area (Å²) in [5.41, 5.74) is 6.39. The van der Waals surface area contributed by atoms with Gasteiger partial charge in [-0.05, 0) is 24.8 Å². The van der Waals surface area contributed by atoms with Gasteiger partial charge in [0, 0.05) is 6.54 Å². The van der Waals surface area contributed by atoms with Gasteiger partial charge in [-0.3, -0.25) is 4.79 Å². The average Bonchev–Trinajstić information content (AvgIpc) is 2.27. The molecule has 0 unspecified atom stereocenters. The van der Waals surface area contributed by atoms with Crippen molar-refractivity contribution in [3.8, 4) is 0 Å². The van der Waals surface area contributed by atoms with Crippen molar-refractivity contribution < 1.29 is 4.79 Å². The number of nitrogens with zero attached hydrogens (tertiary/aromatic N) is 1. The van der Waals surface area contributed by atoms with E-state index in [0.717, 1.165) is 12.8 Å². The Morgan fingerprint density at radius 1 is 1.59 bits per heavy atom. The van der Waals surface area contributed by atoms with Crippen LogP contribution < -0.4 is 11.1 Å². The van der Waals surface area contributed by atoms with Crippen molar-refractivity contribution in [1.82, 2.24) is 10.3 Å². The summed E-state index contributed by atoms with van der Waals surface area (Å²) in [7, 11) is 0. The summed E-state index contributed by atoms with van der Waals surface area (Å²) in [6.45, 7) is 4.96. The van der Waals surface area contributed by atoms with E-state index >= 15 is 0 Å². The lowest BCUT2D eigenvalue weighted by atomic mass is 10.1. The quantitative estimate of drug-likeness (QED) is 0.627. The molecular formula is C12H18ClN3O. The highest BCUT2D eigenvalue weighted by molar-refractivity contribution is 6.29. The predicted octanol–water partition coefficient (Wildman–Crippen LogP) is 2.48. The number of carbonyl (C=O) groups is 1. The summed E-state index contributed by atoms with van der Waals surface area (Å²) in [6.07, 6.45) is 3.44. The highest BCUT2D eigenvalue weighted by Gasteiger charge is 2.10. The number of nitrogens with two attached hydrogens (primary N) is 1. The predicted molar refractivity (Wildman–Crippen MR) is 70.1 cm³/mol. The van der Waals surface area contributed by atoms with Crippen molar-refractivity contribution in [2.45, 2.75) is 26.7 Å². The van der Waals surface area contributed by atoms with Crippen LogP contribution >= 0.6 is 11.6 Å². The van der Waals surface area contributed by atoms with Crippen molar-refractivity contribution >= 4 is 23.2 Å². The molecule has 0 radical (unpaired) electrons. The van der Waals surface area contributed by atoms with E-state index in [4.69, 9.17) is 17.3 Å². The fraction of sp³-hybridized carbons (Fsp3) is 0.500. The molecule has 0 fully saturated rings. The average molecular weight is 256 g/mol. The number of amides is 1. The number of nitrogens with one attached hydrogen (secondary N) is 1. The fourth-order valence-corrected chi connectivity index (χ4v) is 1.60. The van der Waals surface area contributed by atoms with E-state index in [-0.39, 0.29) is 11.1 Å². The Morgan fingerprint density at radius 3 is 2.94 bits per heavy atom. The smallest absolute Gasteiger partial charge is 0.253 e. The Kier molecular flexibility index (Phi) is 5.22. The standard InChI is InChI=1S/C12H18ClN3O/c1-8(2)4-3-5-15-12(17)9-6-11(13)16-7-10(9)14/h6-8H,3-5,14H2,1-2H3,(H,15,17). The molecular weight excluding hydrogens is 238 g/mol. The Balaban J connectivity index is 2.49. The molecule has 0 aliphatic heterocycles. The maximum atomic E-state index is 11.8. The first kappa shape index (κ1) is 13.8. The second kappa shape index (κ2) is 6.45. The largest absolute Gasteiger partial charge is 0.397 e. The number of carbonyl (C=O) groups excluding carboxylic acids is 1. The van der Waals surface area contributed by atoms with Crippen molar-refractivity contribution in [3.05, 3.63) is 23.0 Å². The van der Waals surface area contributed by atoms with E-state index in [9.17, 15) is 4.79 Å². The lowest BCUT2D eigenvalue weighted by Gasteiger charge is -2.08. The van der Waals surface area contributed by atoms with E-state index in [2.05, 4.69) is 24.1 Å². The number of hydrogen-bond acceptors (Lipinski definition) is 3. The topological polar surface area (TPSA) is 68.0 Å². The minimum atomic E-state index is -0.199. The zero-order valence-electron chi connectivity index (χ0n) is 10.2. The van der Waals surface area contributed by atoms with Crippen LogP contribution in [0.1, 0.15) is 37.0 Å². The van der Waals surface area contributed by atoms with Crippen molar-refractivity contribution in [3.63, 3.8) is 0 Å². The maximum Gasteiger partial charge on any atom is 0.253 e. The van der Waals surface area contributed by atoms with Crippen LogP contribution in [0.25, 0.3) is 0 Å². The molecule has 0 aliphatic carbocycles. The van der Waals surface area contributed by atoms with E-state index in [1.165, 1.54) is 12.3 Å². The molecule has 1 rings (SSSR count). The molecule has 0 atom stereocenters. The summed E-state index contributed by atoms with van der Waals surface area (Å²) in [5, 5.41) is 3.09. The summed E-state index contributed by atoms with van der Waals surface area (Å²) < 4.78 is 0. The van der Waals surface area contributed by atoms with Gasteiger partial charge in [0.05, 0.1) is 17.4 Å². The first-order valence-electron chi connectivity index (χ1n) is 5.70. The van der Waals surface area contributed by atoms with Crippen molar-refractivity contribution in [2.24, 2.45) is 5.92 Å². The highest BCUT2D eigenvalue weighted by Crippen LogP contribution is 2.14. The van der Waals surface area contributed by atoms with Crippen LogP contribution in [-0.2, 0) is 0 Å². The van der Waals surface area contributed by atoms with E-state index in [1.54, 1.807) is 0 Å². The van der Waals surface area contributed by atoms with Crippen LogP contribution in [0.5, 0.6) is 0 Å². The van der Waals surface area contributed by atoms with Crippen molar-refractivity contribution in [1.29, 1.82) is 0 Å². The number of rotatable bonds is 5. The molecule has 1 heterocycles. The van der Waals surface area contributed by atoms with Crippen LogP contribution in [0.2, 0.25) is 5.15 Å². The van der Waals surface area contributed by atoms with Gasteiger partial charge >= 0.3 is 0 Å². The van der Waals surface area contributed by atoms with Gasteiger partial charge in [-0.25, -0.2) is 4.98 Å². The van der Waals surface area contributed by atoms with Crippen LogP contribution in [-0.4, -0.2) is 17.4 Å². The lowest BCUT2D eigenvalue weighted by Crippen LogP contribution is -2.25. The number of aromatic nitrogens is 1. The minimum Gasteiger partial charge on any atom is -0.397 e. The zero-order valence-corrected chi connectivity index (χ0v) is 10.9. The van der Waals surface area contributed by atoms with E-state index < -0.39 is 0 Å². The molecule has 1 aromatic heterocycles. The minimum absolute atomic E-state index is 0.199. The molecule has 17 heavy (non-hydrogen) atoms. The molecule has 0 spiro atoms. The fourth-order valence-electron chi connectivity index (χ4n) is 1.44. The highest BCUT2D eigenvalue weighted by atomic mass is 35.5. The van der Waals surface area contributed by atoms with Gasteiger partial charge in [-0.15, -0.1) is 0 Å². The summed E-state index contributed by atoms with van der Waals surface area (Å²) >= 11 is 5.72. The Morgan fingerprint density at radius 2 is 2.29 bits per heavy atom. The molecule has 0 bridgehead atoms. The number of pyridine rings is 1. The second-order valence-electron chi connectivity index (χ2n) is 4.39. The number of hydrogen-bond donors (Lipinski definition) is 2. The van der Waals surface area contributed by atoms with Crippen LogP contribution in [0, 0.1) is 5.92 Å². The van der Waals surface area contributed by atoms with E-state index in [0.29, 0.717) is 23.7 Å². The second-order valence-corrected chi connectivity index (χ2v) is 4.77. The Bertz CT molecular complexity index is 393. The third-order valence-electron chi connectivity index (χ3n) is 2.39. The molecule has 4 nitrogen and oxygen atoms in total. The molecule has 94 valence electrons. The van der Waals surface area contributed by atoms with Crippen LogP contribution in [0.3, 0.4) is 0 Å². The number of anilines is 1. The molecule has 1 aromatic rings. The molecule has 3 N–H and O–H groups in total. The zero-order chi connectivity index (χ0) is 12.8. The molecule has 5 heteroatoms. The van der Waals surface area contributed by atoms with Gasteiger partial charge in [-0.1, -0.05) is 25.4 Å². The number of nitrogen functional groups attached to an aromatic ring is 1. The van der Waals surface area contributed by atoms with Crippen LogP contribution in [0.15, 0.2) is 12.3 Å². The summed E-state index contributed by atoms with van der Waals surface area (Å²) in [5.74, 6) is 0.447. The molecule has 0 saturated heterocycles. The first-order valence-corrected chi connectivity index (χ1v) is 6.07. The van der Waals surface area contributed by atoms with Crippen molar-refractivity contribution in [2.75, 3.05) is 12.3 Å². The SMILES string of the molecule is CC(C)CCCNC(=O)c1cc(Cl)ncc1N. The van der Waals surface area contributed by atoms with Gasteiger partial charge in [0.15, 0.2) is 0 Å².